The first-order chi connectivity index (χ1) is 6.65. The highest BCUT2D eigenvalue weighted by Crippen LogP contribution is 2.14. The normalized spacial score (nSPS) is 11.9. The van der Waals surface area contributed by atoms with E-state index in [0.29, 0.717) is 17.8 Å². The highest BCUT2D eigenvalue weighted by molar-refractivity contribution is 5.50. The number of rotatable bonds is 3. The molecule has 0 bridgehead atoms. The lowest BCUT2D eigenvalue weighted by Gasteiger charge is -2.12. The van der Waals surface area contributed by atoms with Crippen LogP contribution in [0.3, 0.4) is 0 Å². The Bertz CT molecular complexity index is 357. The van der Waals surface area contributed by atoms with Crippen LogP contribution in [-0.4, -0.2) is 12.6 Å². The van der Waals surface area contributed by atoms with Crippen molar-refractivity contribution in [2.24, 2.45) is 5.73 Å². The summed E-state index contributed by atoms with van der Waals surface area (Å²) in [6, 6.07) is 6.07. The molecule has 1 aromatic rings. The standard InChI is InChI=1S/C10H12FN3/c1-7(5-12)14-10-3-8(6-13)2-9(11)4-10/h2-4,7,14H,5,12H2,1H3. The van der Waals surface area contributed by atoms with Gasteiger partial charge in [0.05, 0.1) is 11.6 Å². The van der Waals surface area contributed by atoms with Crippen LogP contribution >= 0.6 is 0 Å². The molecule has 3 nitrogen and oxygen atoms in total. The molecule has 3 N–H and O–H groups in total. The monoisotopic (exact) mass is 193 g/mol. The van der Waals surface area contributed by atoms with Crippen molar-refractivity contribution in [2.45, 2.75) is 13.0 Å². The van der Waals surface area contributed by atoms with Crippen LogP contribution in [-0.2, 0) is 0 Å². The van der Waals surface area contributed by atoms with E-state index in [4.69, 9.17) is 11.0 Å². The first-order valence-corrected chi connectivity index (χ1v) is 4.33. The molecule has 0 heterocycles. The highest BCUT2D eigenvalue weighted by atomic mass is 19.1. The van der Waals surface area contributed by atoms with Gasteiger partial charge < -0.3 is 11.1 Å². The summed E-state index contributed by atoms with van der Waals surface area (Å²) >= 11 is 0. The Morgan fingerprint density at radius 2 is 2.29 bits per heavy atom. The van der Waals surface area contributed by atoms with E-state index in [9.17, 15) is 4.39 Å². The zero-order valence-electron chi connectivity index (χ0n) is 7.92. The molecule has 0 aliphatic carbocycles. The number of hydrogen-bond acceptors (Lipinski definition) is 3. The fourth-order valence-corrected chi connectivity index (χ4v) is 1.08. The molecule has 1 unspecified atom stereocenters. The van der Waals surface area contributed by atoms with Gasteiger partial charge in [-0.25, -0.2) is 4.39 Å². The van der Waals surface area contributed by atoms with Crippen LogP contribution in [0.5, 0.6) is 0 Å². The number of benzene rings is 1. The smallest absolute Gasteiger partial charge is 0.126 e. The van der Waals surface area contributed by atoms with E-state index in [-0.39, 0.29) is 6.04 Å². The summed E-state index contributed by atoms with van der Waals surface area (Å²) in [5.74, 6) is -0.421. The number of nitrogens with two attached hydrogens (primary N) is 1. The molecule has 0 amide bonds. The Morgan fingerprint density at radius 1 is 1.57 bits per heavy atom. The summed E-state index contributed by atoms with van der Waals surface area (Å²) < 4.78 is 12.9. The van der Waals surface area contributed by atoms with E-state index in [1.54, 1.807) is 6.07 Å². The Hall–Kier alpha value is -1.60. The molecular formula is C10H12FN3. The summed E-state index contributed by atoms with van der Waals surface area (Å²) in [5.41, 5.74) is 6.29. The van der Waals surface area contributed by atoms with Crippen LogP contribution in [0.15, 0.2) is 18.2 Å². The van der Waals surface area contributed by atoms with Gasteiger partial charge >= 0.3 is 0 Å². The largest absolute Gasteiger partial charge is 0.381 e. The number of nitrogens with zero attached hydrogens (tertiary/aromatic N) is 1. The average molecular weight is 193 g/mol. The van der Waals surface area contributed by atoms with Gasteiger partial charge in [-0.15, -0.1) is 0 Å². The zero-order chi connectivity index (χ0) is 10.6. The van der Waals surface area contributed by atoms with Gasteiger partial charge in [0.25, 0.3) is 0 Å². The third kappa shape index (κ3) is 2.71. The van der Waals surface area contributed by atoms with E-state index in [1.807, 2.05) is 13.0 Å². The van der Waals surface area contributed by atoms with Crippen molar-refractivity contribution in [3.05, 3.63) is 29.6 Å². The topological polar surface area (TPSA) is 61.8 Å². The summed E-state index contributed by atoms with van der Waals surface area (Å²) in [5, 5.41) is 11.6. The molecule has 0 radical (unpaired) electrons. The quantitative estimate of drug-likeness (QED) is 0.763. The SMILES string of the molecule is CC(CN)Nc1cc(F)cc(C#N)c1. The van der Waals surface area contributed by atoms with Gasteiger partial charge in [0.2, 0.25) is 0 Å². The van der Waals surface area contributed by atoms with Gasteiger partial charge in [0, 0.05) is 18.3 Å². The van der Waals surface area contributed by atoms with Crippen molar-refractivity contribution in [1.82, 2.24) is 0 Å². The van der Waals surface area contributed by atoms with Gasteiger partial charge in [-0.2, -0.15) is 5.26 Å². The fourth-order valence-electron chi connectivity index (χ4n) is 1.08. The molecular weight excluding hydrogens is 181 g/mol. The van der Waals surface area contributed by atoms with E-state index in [1.165, 1.54) is 12.1 Å². The minimum atomic E-state index is -0.421. The molecule has 0 fully saturated rings. The van der Waals surface area contributed by atoms with Gasteiger partial charge in [0.1, 0.15) is 5.82 Å². The molecule has 1 rings (SSSR count). The summed E-state index contributed by atoms with van der Waals surface area (Å²) in [7, 11) is 0. The second-order valence-corrected chi connectivity index (χ2v) is 3.12. The molecule has 14 heavy (non-hydrogen) atoms. The van der Waals surface area contributed by atoms with Gasteiger partial charge in [0.15, 0.2) is 0 Å². The lowest BCUT2D eigenvalue weighted by Crippen LogP contribution is -2.25. The van der Waals surface area contributed by atoms with E-state index in [0.717, 1.165) is 0 Å². The van der Waals surface area contributed by atoms with E-state index in [2.05, 4.69) is 5.32 Å². The molecule has 0 spiro atoms. The Kier molecular flexibility index (Phi) is 3.43. The van der Waals surface area contributed by atoms with Crippen molar-refractivity contribution in [3.63, 3.8) is 0 Å². The number of hydrogen-bond donors (Lipinski definition) is 2. The third-order valence-electron chi connectivity index (χ3n) is 1.79. The molecule has 0 aliphatic heterocycles. The summed E-state index contributed by atoms with van der Waals surface area (Å²) in [4.78, 5) is 0. The lowest BCUT2D eigenvalue weighted by molar-refractivity contribution is 0.627. The predicted molar refractivity (Wildman–Crippen MR) is 53.3 cm³/mol. The number of halogens is 1. The Labute approximate surface area is 82.3 Å². The Morgan fingerprint density at radius 3 is 2.86 bits per heavy atom. The van der Waals surface area contributed by atoms with Crippen molar-refractivity contribution in [2.75, 3.05) is 11.9 Å². The second-order valence-electron chi connectivity index (χ2n) is 3.12. The van der Waals surface area contributed by atoms with Crippen molar-refractivity contribution in [1.29, 1.82) is 5.26 Å². The number of nitrogens with one attached hydrogen (secondary N) is 1. The zero-order valence-corrected chi connectivity index (χ0v) is 7.92. The lowest BCUT2D eigenvalue weighted by atomic mass is 10.2. The number of anilines is 1. The predicted octanol–water partition coefficient (Wildman–Crippen LogP) is 1.46. The fraction of sp³-hybridized carbons (Fsp3) is 0.300. The third-order valence-corrected chi connectivity index (χ3v) is 1.79. The van der Waals surface area contributed by atoms with Crippen molar-refractivity contribution < 1.29 is 4.39 Å². The van der Waals surface area contributed by atoms with Crippen LogP contribution in [0.2, 0.25) is 0 Å². The van der Waals surface area contributed by atoms with Crippen molar-refractivity contribution >= 4 is 5.69 Å². The highest BCUT2D eigenvalue weighted by Gasteiger charge is 2.02. The molecule has 0 aliphatic rings. The summed E-state index contributed by atoms with van der Waals surface area (Å²) in [6.45, 7) is 2.34. The average Bonchev–Trinajstić information content (AvgIpc) is 2.16. The first kappa shape index (κ1) is 10.5. The minimum Gasteiger partial charge on any atom is -0.381 e. The molecule has 0 aromatic heterocycles. The second kappa shape index (κ2) is 4.58. The van der Waals surface area contributed by atoms with Crippen LogP contribution in [0.25, 0.3) is 0 Å². The first-order valence-electron chi connectivity index (χ1n) is 4.33. The molecule has 0 saturated heterocycles. The van der Waals surface area contributed by atoms with Gasteiger partial charge in [-0.3, -0.25) is 0 Å². The number of nitriles is 1. The van der Waals surface area contributed by atoms with Gasteiger partial charge in [-0.05, 0) is 25.1 Å². The maximum absolute atomic E-state index is 12.9. The molecule has 1 aromatic carbocycles. The molecule has 1 atom stereocenters. The molecule has 0 saturated carbocycles. The van der Waals surface area contributed by atoms with E-state index >= 15 is 0 Å². The Balaban J connectivity index is 2.88. The molecule has 4 heteroatoms. The maximum Gasteiger partial charge on any atom is 0.126 e. The van der Waals surface area contributed by atoms with Crippen LogP contribution in [0.1, 0.15) is 12.5 Å². The van der Waals surface area contributed by atoms with E-state index < -0.39 is 5.82 Å². The minimum absolute atomic E-state index is 0.0587. The van der Waals surface area contributed by atoms with Gasteiger partial charge in [-0.1, -0.05) is 0 Å². The summed E-state index contributed by atoms with van der Waals surface area (Å²) in [6.07, 6.45) is 0. The van der Waals surface area contributed by atoms with Crippen LogP contribution in [0, 0.1) is 17.1 Å². The van der Waals surface area contributed by atoms with Crippen molar-refractivity contribution in [3.8, 4) is 6.07 Å². The molecule has 74 valence electrons. The van der Waals surface area contributed by atoms with Crippen LogP contribution in [0.4, 0.5) is 10.1 Å². The maximum atomic E-state index is 12.9. The van der Waals surface area contributed by atoms with Crippen LogP contribution < -0.4 is 11.1 Å².